The first kappa shape index (κ1) is 13.2. The number of aliphatic carboxylic acids is 1. The van der Waals surface area contributed by atoms with Crippen LogP contribution < -0.4 is 0 Å². The molecule has 1 atom stereocenters. The van der Waals surface area contributed by atoms with Crippen molar-refractivity contribution in [1.82, 2.24) is 4.90 Å². The summed E-state index contributed by atoms with van der Waals surface area (Å²) in [5, 5.41) is 18.7. The normalized spacial score (nSPS) is 28.4. The Bertz CT molecular complexity index is 418. The molecule has 1 unspecified atom stereocenters. The van der Waals surface area contributed by atoms with Crippen molar-refractivity contribution in [3.05, 3.63) is 12.2 Å². The number of carbonyl (C=O) groups is 2. The van der Waals surface area contributed by atoms with Crippen molar-refractivity contribution in [3.8, 4) is 0 Å². The van der Waals surface area contributed by atoms with Crippen molar-refractivity contribution in [3.63, 3.8) is 0 Å². The Morgan fingerprint density at radius 1 is 1.33 bits per heavy atom. The molecule has 2 aliphatic rings. The van der Waals surface area contributed by atoms with E-state index in [2.05, 4.69) is 6.58 Å². The lowest BCUT2D eigenvalue weighted by atomic mass is 9.85. The highest BCUT2D eigenvalue weighted by atomic mass is 35.5. The van der Waals surface area contributed by atoms with Gasteiger partial charge in [0, 0.05) is 18.8 Å². The molecule has 1 saturated carbocycles. The number of likely N-dealkylation sites (tertiary alicyclic amines) is 1. The van der Waals surface area contributed by atoms with Crippen LogP contribution in [0.25, 0.3) is 0 Å². The summed E-state index contributed by atoms with van der Waals surface area (Å²) in [6.45, 7) is 4.02. The zero-order valence-electron chi connectivity index (χ0n) is 9.99. The molecule has 0 aromatic carbocycles. The molecule has 1 aliphatic heterocycles. The van der Waals surface area contributed by atoms with Crippen molar-refractivity contribution in [1.29, 1.82) is 0 Å². The topological polar surface area (TPSA) is 77.8 Å². The Morgan fingerprint density at radius 2 is 1.94 bits per heavy atom. The predicted octanol–water partition coefficient (Wildman–Crippen LogP) is 2.16. The quantitative estimate of drug-likeness (QED) is 0.608. The summed E-state index contributed by atoms with van der Waals surface area (Å²) in [6, 6.07) is 0. The largest absolute Gasteiger partial charge is 0.479 e. The number of amides is 1. The van der Waals surface area contributed by atoms with Gasteiger partial charge in [0.1, 0.15) is 5.54 Å². The van der Waals surface area contributed by atoms with E-state index >= 15 is 0 Å². The fourth-order valence-electron chi connectivity index (χ4n) is 2.91. The molecule has 1 spiro atoms. The fourth-order valence-corrected chi connectivity index (χ4v) is 3.00. The minimum absolute atomic E-state index is 0.0971. The number of alkyl halides is 1. The number of carboxylic acid groups (broad SMARTS) is 2. The highest BCUT2D eigenvalue weighted by molar-refractivity contribution is 6.19. The summed E-state index contributed by atoms with van der Waals surface area (Å²) >= 11 is 5.65. The molecule has 0 bridgehead atoms. The van der Waals surface area contributed by atoms with Crippen LogP contribution in [0, 0.1) is 5.41 Å². The number of nitrogens with zero attached hydrogens (tertiary/aromatic N) is 1. The van der Waals surface area contributed by atoms with Crippen LogP contribution in [0.4, 0.5) is 4.79 Å². The molecule has 2 N–H and O–H groups in total. The average Bonchev–Trinajstić information content (AvgIpc) is 2.94. The number of halogens is 1. The number of rotatable bonds is 4. The standard InChI is InChI=1S/C12H16ClNO4/c1-8(5-13)4-12(9(15)16)6-11(2-3-11)7-14(12)10(17)18/h1-7H2,(H,15,16)(H,17,18). The van der Waals surface area contributed by atoms with Crippen LogP contribution in [0.2, 0.25) is 0 Å². The first-order valence-electron chi connectivity index (χ1n) is 5.82. The molecule has 5 nitrogen and oxygen atoms in total. The highest BCUT2D eigenvalue weighted by Crippen LogP contribution is 2.59. The molecule has 1 aliphatic carbocycles. The molecule has 1 heterocycles. The van der Waals surface area contributed by atoms with E-state index < -0.39 is 17.6 Å². The third-order valence-corrected chi connectivity index (χ3v) is 4.37. The van der Waals surface area contributed by atoms with Crippen molar-refractivity contribution in [2.24, 2.45) is 5.41 Å². The number of hydrogen-bond acceptors (Lipinski definition) is 2. The van der Waals surface area contributed by atoms with Crippen molar-refractivity contribution >= 4 is 23.7 Å². The van der Waals surface area contributed by atoms with E-state index in [1.807, 2.05) is 0 Å². The Balaban J connectivity index is 2.34. The van der Waals surface area contributed by atoms with Gasteiger partial charge in [0.05, 0.1) is 0 Å². The molecule has 18 heavy (non-hydrogen) atoms. The maximum atomic E-state index is 11.6. The Morgan fingerprint density at radius 3 is 2.33 bits per heavy atom. The first-order chi connectivity index (χ1) is 8.35. The second kappa shape index (κ2) is 4.16. The number of hydrogen-bond donors (Lipinski definition) is 2. The Kier molecular flexibility index (Phi) is 3.05. The van der Waals surface area contributed by atoms with E-state index in [4.69, 9.17) is 11.6 Å². The molecular weight excluding hydrogens is 258 g/mol. The lowest BCUT2D eigenvalue weighted by Gasteiger charge is -2.33. The zero-order chi connectivity index (χ0) is 13.6. The second-order valence-electron chi connectivity index (χ2n) is 5.44. The van der Waals surface area contributed by atoms with Crippen molar-refractivity contribution < 1.29 is 19.8 Å². The van der Waals surface area contributed by atoms with Crippen LogP contribution in [-0.2, 0) is 4.79 Å². The molecule has 0 radical (unpaired) electrons. The van der Waals surface area contributed by atoms with Crippen LogP contribution in [0.5, 0.6) is 0 Å². The molecule has 6 heteroatoms. The predicted molar refractivity (Wildman–Crippen MR) is 65.9 cm³/mol. The van der Waals surface area contributed by atoms with Gasteiger partial charge in [-0.05, 0) is 24.7 Å². The van der Waals surface area contributed by atoms with Gasteiger partial charge in [-0.3, -0.25) is 4.90 Å². The van der Waals surface area contributed by atoms with Gasteiger partial charge < -0.3 is 10.2 Å². The van der Waals surface area contributed by atoms with Crippen LogP contribution in [0.3, 0.4) is 0 Å². The minimum atomic E-state index is -1.38. The molecule has 100 valence electrons. The van der Waals surface area contributed by atoms with Crippen LogP contribution in [-0.4, -0.2) is 45.1 Å². The molecule has 2 rings (SSSR count). The Labute approximate surface area is 110 Å². The van der Waals surface area contributed by atoms with E-state index in [9.17, 15) is 19.8 Å². The smallest absolute Gasteiger partial charge is 0.408 e. The maximum Gasteiger partial charge on any atom is 0.408 e. The molecule has 2 fully saturated rings. The molecular formula is C12H16ClNO4. The molecule has 1 amide bonds. The van der Waals surface area contributed by atoms with E-state index in [0.717, 1.165) is 17.7 Å². The summed E-state index contributed by atoms with van der Waals surface area (Å²) in [4.78, 5) is 24.0. The van der Waals surface area contributed by atoms with Gasteiger partial charge in [0.25, 0.3) is 0 Å². The van der Waals surface area contributed by atoms with Crippen molar-refractivity contribution in [2.45, 2.75) is 31.2 Å². The summed E-state index contributed by atoms with van der Waals surface area (Å²) in [7, 11) is 0. The summed E-state index contributed by atoms with van der Waals surface area (Å²) in [5.74, 6) is -0.949. The van der Waals surface area contributed by atoms with Gasteiger partial charge in [-0.1, -0.05) is 12.2 Å². The first-order valence-corrected chi connectivity index (χ1v) is 6.35. The lowest BCUT2D eigenvalue weighted by Crippen LogP contribution is -2.53. The summed E-state index contributed by atoms with van der Waals surface area (Å²) in [5.41, 5.74) is -0.944. The molecule has 1 saturated heterocycles. The third-order valence-electron chi connectivity index (χ3n) is 4.00. The maximum absolute atomic E-state index is 11.6. The average molecular weight is 274 g/mol. The summed E-state index contributed by atoms with van der Waals surface area (Å²) in [6.07, 6.45) is 1.10. The number of carboxylic acids is 1. The van der Waals surface area contributed by atoms with Crippen molar-refractivity contribution in [2.75, 3.05) is 12.4 Å². The molecule has 0 aromatic heterocycles. The van der Waals surface area contributed by atoms with Gasteiger partial charge in [0.15, 0.2) is 0 Å². The zero-order valence-corrected chi connectivity index (χ0v) is 10.7. The van der Waals surface area contributed by atoms with Crippen LogP contribution in [0.15, 0.2) is 12.2 Å². The van der Waals surface area contributed by atoms with Gasteiger partial charge in [-0.15, -0.1) is 11.6 Å². The summed E-state index contributed by atoms with van der Waals surface area (Å²) < 4.78 is 0. The van der Waals surface area contributed by atoms with Gasteiger partial charge in [0.2, 0.25) is 0 Å². The Hall–Kier alpha value is -1.23. The van der Waals surface area contributed by atoms with Crippen LogP contribution >= 0.6 is 11.6 Å². The fraction of sp³-hybridized carbons (Fsp3) is 0.667. The molecule has 0 aromatic rings. The van der Waals surface area contributed by atoms with E-state index in [1.54, 1.807) is 0 Å². The van der Waals surface area contributed by atoms with Gasteiger partial charge in [-0.25, -0.2) is 9.59 Å². The second-order valence-corrected chi connectivity index (χ2v) is 5.71. The van der Waals surface area contributed by atoms with Gasteiger partial charge >= 0.3 is 12.1 Å². The highest BCUT2D eigenvalue weighted by Gasteiger charge is 2.63. The van der Waals surface area contributed by atoms with E-state index in [0.29, 0.717) is 18.5 Å². The van der Waals surface area contributed by atoms with E-state index in [1.165, 1.54) is 0 Å². The van der Waals surface area contributed by atoms with Crippen LogP contribution in [0.1, 0.15) is 25.7 Å². The minimum Gasteiger partial charge on any atom is -0.479 e. The monoisotopic (exact) mass is 273 g/mol. The van der Waals surface area contributed by atoms with E-state index in [-0.39, 0.29) is 17.7 Å². The lowest BCUT2D eigenvalue weighted by molar-refractivity contribution is -0.148. The SMILES string of the molecule is C=C(CCl)CC1(C(=O)O)CC2(CC2)CN1C(=O)O. The third kappa shape index (κ3) is 1.96. The van der Waals surface area contributed by atoms with Gasteiger partial charge in [-0.2, -0.15) is 0 Å².